The monoisotopic (exact) mass is 376 g/mol. The average Bonchev–Trinajstić information content (AvgIpc) is 2.67. The number of nitrogens with zero attached hydrogens (tertiary/aromatic N) is 2. The summed E-state index contributed by atoms with van der Waals surface area (Å²) >= 11 is 8.45. The Hall–Kier alpha value is -0.000000000000000111. The molecule has 98 valence electrons. The molecule has 0 aromatic heterocycles. The zero-order valence-electron chi connectivity index (χ0n) is 10.4. The van der Waals surface area contributed by atoms with Crippen LogP contribution in [0.2, 0.25) is 5.02 Å². The van der Waals surface area contributed by atoms with Crippen molar-refractivity contribution in [2.75, 3.05) is 31.1 Å². The summed E-state index contributed by atoms with van der Waals surface area (Å²) in [6, 6.07) is 7.01. The van der Waals surface area contributed by atoms with Gasteiger partial charge in [-0.05, 0) is 66.6 Å². The van der Waals surface area contributed by atoms with Crippen LogP contribution in [0.15, 0.2) is 18.2 Å². The van der Waals surface area contributed by atoms with Gasteiger partial charge in [0.15, 0.2) is 0 Å². The van der Waals surface area contributed by atoms with E-state index < -0.39 is 0 Å². The van der Waals surface area contributed by atoms with Crippen molar-refractivity contribution in [1.29, 1.82) is 0 Å². The lowest BCUT2D eigenvalue weighted by molar-refractivity contribution is 0.273. The summed E-state index contributed by atoms with van der Waals surface area (Å²) < 4.78 is 1.27. The summed E-state index contributed by atoms with van der Waals surface area (Å²) in [7, 11) is 0. The van der Waals surface area contributed by atoms with E-state index in [9.17, 15) is 0 Å². The van der Waals surface area contributed by atoms with Gasteiger partial charge < -0.3 is 4.90 Å². The molecule has 18 heavy (non-hydrogen) atoms. The highest BCUT2D eigenvalue weighted by Crippen LogP contribution is 2.29. The number of rotatable bonds is 1. The van der Waals surface area contributed by atoms with Gasteiger partial charge in [-0.3, -0.25) is 4.90 Å². The van der Waals surface area contributed by atoms with Gasteiger partial charge >= 0.3 is 0 Å². The minimum Gasteiger partial charge on any atom is -0.369 e. The predicted octanol–water partition coefficient (Wildman–Crippen LogP) is 3.62. The normalized spacial score (nSPS) is 25.0. The number of hydrogen-bond acceptors (Lipinski definition) is 2. The molecule has 1 atom stereocenters. The molecule has 2 heterocycles. The standard InChI is InChI=1S/C14H18ClIN2/c15-11-4-5-14(13(16)9-11)18-8-2-7-17-6-1-3-12(17)10-18/h4-5,9,12H,1-3,6-8,10H2. The van der Waals surface area contributed by atoms with Crippen molar-refractivity contribution in [3.63, 3.8) is 0 Å². The molecule has 0 saturated carbocycles. The third kappa shape index (κ3) is 2.63. The van der Waals surface area contributed by atoms with Gasteiger partial charge in [-0.2, -0.15) is 0 Å². The lowest BCUT2D eigenvalue weighted by atomic mass is 10.2. The molecule has 2 aliphatic rings. The van der Waals surface area contributed by atoms with Crippen molar-refractivity contribution >= 4 is 39.9 Å². The van der Waals surface area contributed by atoms with E-state index in [1.807, 2.05) is 6.07 Å². The van der Waals surface area contributed by atoms with Crippen LogP contribution in [0.3, 0.4) is 0 Å². The van der Waals surface area contributed by atoms with Crippen molar-refractivity contribution < 1.29 is 0 Å². The molecule has 2 nitrogen and oxygen atoms in total. The van der Waals surface area contributed by atoms with E-state index in [4.69, 9.17) is 11.6 Å². The van der Waals surface area contributed by atoms with E-state index in [0.717, 1.165) is 11.1 Å². The zero-order valence-corrected chi connectivity index (χ0v) is 13.3. The fourth-order valence-corrected chi connectivity index (χ4v) is 4.38. The molecule has 0 radical (unpaired) electrons. The van der Waals surface area contributed by atoms with Crippen LogP contribution in [0, 0.1) is 3.57 Å². The first-order valence-corrected chi connectivity index (χ1v) is 8.14. The van der Waals surface area contributed by atoms with E-state index in [1.54, 1.807) is 0 Å². The molecule has 2 saturated heterocycles. The van der Waals surface area contributed by atoms with Gasteiger partial charge in [-0.15, -0.1) is 0 Å². The molecular formula is C14H18ClIN2. The summed E-state index contributed by atoms with van der Waals surface area (Å²) in [5, 5.41) is 0.834. The topological polar surface area (TPSA) is 6.48 Å². The van der Waals surface area contributed by atoms with Crippen LogP contribution in [0.5, 0.6) is 0 Å². The largest absolute Gasteiger partial charge is 0.369 e. The lowest BCUT2D eigenvalue weighted by Crippen LogP contribution is -2.36. The van der Waals surface area contributed by atoms with Crippen LogP contribution in [-0.2, 0) is 0 Å². The maximum atomic E-state index is 6.05. The molecule has 0 amide bonds. The van der Waals surface area contributed by atoms with Crippen molar-refractivity contribution in [2.24, 2.45) is 0 Å². The number of anilines is 1. The highest BCUT2D eigenvalue weighted by molar-refractivity contribution is 14.1. The highest BCUT2D eigenvalue weighted by Gasteiger charge is 2.29. The van der Waals surface area contributed by atoms with E-state index >= 15 is 0 Å². The summed E-state index contributed by atoms with van der Waals surface area (Å²) in [5.41, 5.74) is 1.36. The first-order valence-electron chi connectivity index (χ1n) is 6.68. The number of benzene rings is 1. The molecule has 0 aliphatic carbocycles. The Balaban J connectivity index is 1.82. The Morgan fingerprint density at radius 3 is 2.83 bits per heavy atom. The second-order valence-corrected chi connectivity index (χ2v) is 6.83. The molecule has 4 heteroatoms. The first-order chi connectivity index (χ1) is 8.74. The molecule has 1 aromatic rings. The van der Waals surface area contributed by atoms with E-state index in [-0.39, 0.29) is 0 Å². The second-order valence-electron chi connectivity index (χ2n) is 5.23. The Kier molecular flexibility index (Phi) is 4.01. The number of hydrogen-bond donors (Lipinski definition) is 0. The van der Waals surface area contributed by atoms with Crippen molar-refractivity contribution in [3.8, 4) is 0 Å². The quantitative estimate of drug-likeness (QED) is 0.691. The molecule has 1 aromatic carbocycles. The Bertz CT molecular complexity index is 438. The highest BCUT2D eigenvalue weighted by atomic mass is 127. The fraction of sp³-hybridized carbons (Fsp3) is 0.571. The van der Waals surface area contributed by atoms with Crippen LogP contribution in [0.1, 0.15) is 19.3 Å². The smallest absolute Gasteiger partial charge is 0.0503 e. The predicted molar refractivity (Wildman–Crippen MR) is 85.6 cm³/mol. The van der Waals surface area contributed by atoms with Crippen molar-refractivity contribution in [2.45, 2.75) is 25.3 Å². The van der Waals surface area contributed by atoms with Crippen LogP contribution in [0.25, 0.3) is 0 Å². The summed E-state index contributed by atoms with van der Waals surface area (Å²) in [5.74, 6) is 0. The SMILES string of the molecule is Clc1ccc(N2CCCN3CCCC3C2)c(I)c1. The molecule has 0 spiro atoms. The van der Waals surface area contributed by atoms with Crippen molar-refractivity contribution in [1.82, 2.24) is 4.90 Å². The number of halogens is 2. The van der Waals surface area contributed by atoms with Crippen molar-refractivity contribution in [3.05, 3.63) is 26.8 Å². The maximum absolute atomic E-state index is 6.05. The fourth-order valence-electron chi connectivity index (χ4n) is 3.16. The van der Waals surface area contributed by atoms with Gasteiger partial charge in [0.2, 0.25) is 0 Å². The van der Waals surface area contributed by atoms with Gasteiger partial charge in [0.25, 0.3) is 0 Å². The third-order valence-corrected chi connectivity index (χ3v) is 5.15. The minimum atomic E-state index is 0.763. The zero-order chi connectivity index (χ0) is 12.5. The molecular weight excluding hydrogens is 359 g/mol. The number of fused-ring (bicyclic) bond motifs is 1. The molecule has 2 aliphatic heterocycles. The molecule has 0 bridgehead atoms. The van der Waals surface area contributed by atoms with Gasteiger partial charge in [0.05, 0.1) is 5.69 Å². The van der Waals surface area contributed by atoms with Gasteiger partial charge in [0, 0.05) is 34.3 Å². The molecule has 1 unspecified atom stereocenters. The van der Waals surface area contributed by atoms with E-state index in [0.29, 0.717) is 0 Å². The summed E-state index contributed by atoms with van der Waals surface area (Å²) in [6.07, 6.45) is 4.01. The van der Waals surface area contributed by atoms with E-state index in [2.05, 4.69) is 44.5 Å². The first kappa shape index (κ1) is 13.0. The third-order valence-electron chi connectivity index (χ3n) is 4.05. The van der Waals surface area contributed by atoms with Crippen LogP contribution in [-0.4, -0.2) is 37.1 Å². The summed E-state index contributed by atoms with van der Waals surface area (Å²) in [6.45, 7) is 4.92. The van der Waals surface area contributed by atoms with E-state index in [1.165, 1.54) is 54.7 Å². The Labute approximate surface area is 127 Å². The Morgan fingerprint density at radius 1 is 1.17 bits per heavy atom. The molecule has 0 N–H and O–H groups in total. The second kappa shape index (κ2) is 5.55. The Morgan fingerprint density at radius 2 is 2.00 bits per heavy atom. The average molecular weight is 377 g/mol. The van der Waals surface area contributed by atoms with Crippen LogP contribution < -0.4 is 4.90 Å². The van der Waals surface area contributed by atoms with Crippen LogP contribution in [0.4, 0.5) is 5.69 Å². The van der Waals surface area contributed by atoms with Gasteiger partial charge in [-0.25, -0.2) is 0 Å². The summed E-state index contributed by atoms with van der Waals surface area (Å²) in [4.78, 5) is 5.22. The van der Waals surface area contributed by atoms with Gasteiger partial charge in [-0.1, -0.05) is 11.6 Å². The minimum absolute atomic E-state index is 0.763. The molecule has 2 fully saturated rings. The molecule has 3 rings (SSSR count). The maximum Gasteiger partial charge on any atom is 0.0503 e. The van der Waals surface area contributed by atoms with Crippen LogP contribution >= 0.6 is 34.2 Å². The lowest BCUT2D eigenvalue weighted by Gasteiger charge is -2.28. The van der Waals surface area contributed by atoms with Gasteiger partial charge in [0.1, 0.15) is 0 Å².